The van der Waals surface area contributed by atoms with Gasteiger partial charge in [0.25, 0.3) is 0 Å². The van der Waals surface area contributed by atoms with Crippen LogP contribution in [0.1, 0.15) is 37.8 Å². The van der Waals surface area contributed by atoms with Crippen molar-refractivity contribution >= 4 is 11.9 Å². The fourth-order valence-electron chi connectivity index (χ4n) is 2.51. The molecule has 5 nitrogen and oxygen atoms in total. The van der Waals surface area contributed by atoms with E-state index in [0.717, 1.165) is 18.4 Å². The van der Waals surface area contributed by atoms with Crippen molar-refractivity contribution in [2.75, 3.05) is 5.32 Å². The number of amides is 1. The first-order valence-corrected chi connectivity index (χ1v) is 7.40. The molecule has 1 N–H and O–H groups in total. The number of nitrogens with zero attached hydrogens (tertiary/aromatic N) is 2. The third kappa shape index (κ3) is 2.96. The fraction of sp³-hybridized carbons (Fsp3) is 0.438. The van der Waals surface area contributed by atoms with Crippen molar-refractivity contribution < 1.29 is 9.21 Å². The molecule has 1 aliphatic rings. The molecular formula is C16H19N3O2. The summed E-state index contributed by atoms with van der Waals surface area (Å²) in [5.41, 5.74) is 3.69. The second-order valence-corrected chi connectivity index (χ2v) is 5.75. The molecule has 3 rings (SSSR count). The third-order valence-corrected chi connectivity index (χ3v) is 3.77. The van der Waals surface area contributed by atoms with Crippen LogP contribution in [0, 0.1) is 5.92 Å². The van der Waals surface area contributed by atoms with Crippen LogP contribution in [0.2, 0.25) is 0 Å². The summed E-state index contributed by atoms with van der Waals surface area (Å²) in [5.74, 6) is 0.196. The first kappa shape index (κ1) is 13.8. The minimum absolute atomic E-state index is 0.121. The summed E-state index contributed by atoms with van der Waals surface area (Å²) in [5, 5.41) is 10.5. The molecule has 110 valence electrons. The lowest BCUT2D eigenvalue weighted by Crippen LogP contribution is -2.17. The number of aryl methyl sites for hydroxylation is 2. The van der Waals surface area contributed by atoms with Gasteiger partial charge in [0.15, 0.2) is 0 Å². The zero-order valence-corrected chi connectivity index (χ0v) is 12.3. The third-order valence-electron chi connectivity index (χ3n) is 3.77. The molecule has 2 aromatic rings. The van der Waals surface area contributed by atoms with E-state index in [0.29, 0.717) is 5.89 Å². The summed E-state index contributed by atoms with van der Waals surface area (Å²) in [6.45, 7) is 3.63. The zero-order valence-electron chi connectivity index (χ0n) is 12.3. The molecule has 5 heteroatoms. The molecule has 1 heterocycles. The van der Waals surface area contributed by atoms with Crippen LogP contribution in [0.25, 0.3) is 11.5 Å². The Morgan fingerprint density at radius 2 is 1.95 bits per heavy atom. The molecule has 0 saturated heterocycles. The van der Waals surface area contributed by atoms with E-state index in [-0.39, 0.29) is 17.8 Å². The number of aromatic nitrogens is 2. The second-order valence-electron chi connectivity index (χ2n) is 5.75. The summed E-state index contributed by atoms with van der Waals surface area (Å²) in [4.78, 5) is 11.6. The Bertz CT molecular complexity index is 661. The maximum atomic E-state index is 11.6. The average Bonchev–Trinajstić information content (AvgIpc) is 2.95. The maximum absolute atomic E-state index is 11.6. The summed E-state index contributed by atoms with van der Waals surface area (Å²) >= 11 is 0. The lowest BCUT2D eigenvalue weighted by atomic mass is 9.90. The van der Waals surface area contributed by atoms with Crippen molar-refractivity contribution in [1.29, 1.82) is 0 Å². The van der Waals surface area contributed by atoms with E-state index < -0.39 is 0 Å². The molecule has 0 aliphatic heterocycles. The van der Waals surface area contributed by atoms with Crippen LogP contribution in [-0.2, 0) is 17.6 Å². The lowest BCUT2D eigenvalue weighted by molar-refractivity contribution is -0.119. The van der Waals surface area contributed by atoms with Crippen molar-refractivity contribution in [3.05, 3.63) is 29.3 Å². The Labute approximate surface area is 123 Å². The molecule has 0 radical (unpaired) electrons. The van der Waals surface area contributed by atoms with Crippen LogP contribution in [0.15, 0.2) is 22.6 Å². The summed E-state index contributed by atoms with van der Waals surface area (Å²) < 4.78 is 5.53. The van der Waals surface area contributed by atoms with Crippen molar-refractivity contribution in [2.45, 2.75) is 39.5 Å². The van der Waals surface area contributed by atoms with Gasteiger partial charge in [-0.15, -0.1) is 5.10 Å². The van der Waals surface area contributed by atoms with Gasteiger partial charge in [0, 0.05) is 11.5 Å². The molecule has 0 spiro atoms. The van der Waals surface area contributed by atoms with Crippen molar-refractivity contribution in [3.63, 3.8) is 0 Å². The van der Waals surface area contributed by atoms with E-state index >= 15 is 0 Å². The summed E-state index contributed by atoms with van der Waals surface area (Å²) in [7, 11) is 0. The molecule has 0 fully saturated rings. The Morgan fingerprint density at radius 1 is 1.19 bits per heavy atom. The van der Waals surface area contributed by atoms with Crippen molar-refractivity contribution in [2.24, 2.45) is 5.92 Å². The van der Waals surface area contributed by atoms with E-state index in [1.165, 1.54) is 24.0 Å². The number of nitrogens with one attached hydrogen (secondary N) is 1. The van der Waals surface area contributed by atoms with Gasteiger partial charge >= 0.3 is 6.01 Å². The monoisotopic (exact) mass is 285 g/mol. The zero-order chi connectivity index (χ0) is 14.8. The predicted octanol–water partition coefficient (Wildman–Crippen LogP) is 3.21. The molecule has 1 aliphatic carbocycles. The van der Waals surface area contributed by atoms with E-state index in [2.05, 4.69) is 27.6 Å². The molecular weight excluding hydrogens is 266 g/mol. The number of carbonyl (C=O) groups is 1. The van der Waals surface area contributed by atoms with E-state index in [1.54, 1.807) is 0 Å². The number of anilines is 1. The smallest absolute Gasteiger partial charge is 0.322 e. The maximum Gasteiger partial charge on any atom is 0.322 e. The Hall–Kier alpha value is -2.17. The lowest BCUT2D eigenvalue weighted by Gasteiger charge is -2.15. The normalized spacial score (nSPS) is 14.0. The Morgan fingerprint density at radius 3 is 2.71 bits per heavy atom. The minimum atomic E-state index is -0.129. The van der Waals surface area contributed by atoms with Crippen molar-refractivity contribution in [3.8, 4) is 11.5 Å². The van der Waals surface area contributed by atoms with Gasteiger partial charge in [0.2, 0.25) is 11.8 Å². The number of carbonyl (C=O) groups excluding carboxylic acids is 1. The molecule has 21 heavy (non-hydrogen) atoms. The fourth-order valence-corrected chi connectivity index (χ4v) is 2.51. The summed E-state index contributed by atoms with van der Waals surface area (Å²) in [6.07, 6.45) is 4.75. The van der Waals surface area contributed by atoms with Crippen LogP contribution in [0.3, 0.4) is 0 Å². The quantitative estimate of drug-likeness (QED) is 0.940. The van der Waals surface area contributed by atoms with Crippen molar-refractivity contribution in [1.82, 2.24) is 10.2 Å². The van der Waals surface area contributed by atoms with Crippen LogP contribution in [0.5, 0.6) is 0 Å². The summed E-state index contributed by atoms with van der Waals surface area (Å²) in [6, 6.07) is 6.42. The molecule has 1 aromatic carbocycles. The number of benzene rings is 1. The average molecular weight is 285 g/mol. The van der Waals surface area contributed by atoms with Gasteiger partial charge in [-0.3, -0.25) is 10.1 Å². The number of hydrogen-bond donors (Lipinski definition) is 1. The van der Waals surface area contributed by atoms with Crippen LogP contribution in [-0.4, -0.2) is 16.1 Å². The second kappa shape index (κ2) is 5.68. The number of rotatable bonds is 3. The molecule has 0 bridgehead atoms. The van der Waals surface area contributed by atoms with Crippen LogP contribution in [0.4, 0.5) is 6.01 Å². The molecule has 0 saturated carbocycles. The van der Waals surface area contributed by atoms with Crippen LogP contribution >= 0.6 is 0 Å². The highest BCUT2D eigenvalue weighted by Gasteiger charge is 2.15. The van der Waals surface area contributed by atoms with Crippen LogP contribution < -0.4 is 5.32 Å². The van der Waals surface area contributed by atoms with Gasteiger partial charge in [-0.2, -0.15) is 0 Å². The topological polar surface area (TPSA) is 68.0 Å². The SMILES string of the molecule is CC(C)C(=O)Nc1nnc(-c2ccc3c(c2)CCCC3)o1. The van der Waals surface area contributed by atoms with E-state index in [1.807, 2.05) is 19.9 Å². The Kier molecular flexibility index (Phi) is 3.73. The van der Waals surface area contributed by atoms with Gasteiger partial charge in [-0.05, 0) is 48.9 Å². The molecule has 0 unspecified atom stereocenters. The molecule has 1 amide bonds. The minimum Gasteiger partial charge on any atom is -0.403 e. The number of fused-ring (bicyclic) bond motifs is 1. The van der Waals surface area contributed by atoms with Gasteiger partial charge in [0.1, 0.15) is 0 Å². The molecule has 1 aromatic heterocycles. The first-order valence-electron chi connectivity index (χ1n) is 7.40. The molecule has 0 atom stereocenters. The largest absolute Gasteiger partial charge is 0.403 e. The van der Waals surface area contributed by atoms with E-state index in [9.17, 15) is 4.79 Å². The van der Waals surface area contributed by atoms with Gasteiger partial charge in [-0.25, -0.2) is 0 Å². The first-order chi connectivity index (χ1) is 10.1. The highest BCUT2D eigenvalue weighted by atomic mass is 16.4. The predicted molar refractivity (Wildman–Crippen MR) is 79.8 cm³/mol. The highest BCUT2D eigenvalue weighted by Crippen LogP contribution is 2.27. The van der Waals surface area contributed by atoms with Gasteiger partial charge in [0.05, 0.1) is 0 Å². The highest BCUT2D eigenvalue weighted by molar-refractivity contribution is 5.90. The standard InChI is InChI=1S/C16H19N3O2/c1-10(2)14(20)17-16-19-18-15(21-16)13-8-7-11-5-3-4-6-12(11)9-13/h7-10H,3-6H2,1-2H3,(H,17,19,20). The number of hydrogen-bond acceptors (Lipinski definition) is 4. The van der Waals surface area contributed by atoms with Gasteiger partial charge < -0.3 is 4.42 Å². The Balaban J connectivity index is 1.81. The van der Waals surface area contributed by atoms with Gasteiger partial charge in [-0.1, -0.05) is 25.0 Å². The van der Waals surface area contributed by atoms with E-state index in [4.69, 9.17) is 4.42 Å².